The lowest BCUT2D eigenvalue weighted by Crippen LogP contribution is -2.12. The van der Waals surface area contributed by atoms with Gasteiger partial charge in [-0.05, 0) is 29.5 Å². The lowest BCUT2D eigenvalue weighted by Gasteiger charge is -2.20. The highest BCUT2D eigenvalue weighted by Gasteiger charge is 2.14. The van der Waals surface area contributed by atoms with Crippen LogP contribution in [0.25, 0.3) is 0 Å². The van der Waals surface area contributed by atoms with E-state index < -0.39 is 0 Å². The molecule has 13 heavy (non-hydrogen) atoms. The van der Waals surface area contributed by atoms with E-state index in [1.165, 1.54) is 0 Å². The molecule has 2 heteroatoms. The smallest absolute Gasteiger partial charge is 0.0367 e. The largest absolute Gasteiger partial charge is 0.398 e. The number of hydrogen-bond acceptors (Lipinski definition) is 2. The molecule has 0 saturated heterocycles. The molecule has 0 aliphatic heterocycles. The van der Waals surface area contributed by atoms with Crippen LogP contribution in [0.1, 0.15) is 26.3 Å². The van der Waals surface area contributed by atoms with Crippen molar-refractivity contribution in [2.24, 2.45) is 5.41 Å². The van der Waals surface area contributed by atoms with Gasteiger partial charge in [0.2, 0.25) is 0 Å². The van der Waals surface area contributed by atoms with Gasteiger partial charge in [-0.3, -0.25) is 0 Å². The molecule has 0 aromatic heterocycles. The van der Waals surface area contributed by atoms with Crippen LogP contribution in [-0.4, -0.2) is 0 Å². The summed E-state index contributed by atoms with van der Waals surface area (Å²) in [5, 5.41) is 0. The molecule has 2 nitrogen and oxygen atoms in total. The van der Waals surface area contributed by atoms with E-state index in [2.05, 4.69) is 20.8 Å². The lowest BCUT2D eigenvalue weighted by molar-refractivity contribution is 0.412. The summed E-state index contributed by atoms with van der Waals surface area (Å²) in [7, 11) is 0. The van der Waals surface area contributed by atoms with Crippen LogP contribution in [0, 0.1) is 5.41 Å². The Morgan fingerprint density at radius 3 is 1.92 bits per heavy atom. The topological polar surface area (TPSA) is 52.0 Å². The fourth-order valence-corrected chi connectivity index (χ4v) is 1.36. The predicted molar refractivity (Wildman–Crippen MR) is 58.4 cm³/mol. The molecule has 0 heterocycles. The Balaban J connectivity index is 3.00. The average Bonchev–Trinajstić information content (AvgIpc) is 1.95. The minimum Gasteiger partial charge on any atom is -0.398 e. The Bertz CT molecular complexity index is 277. The maximum atomic E-state index is 5.85. The van der Waals surface area contributed by atoms with Crippen LogP contribution in [0.3, 0.4) is 0 Å². The summed E-state index contributed by atoms with van der Waals surface area (Å²) in [6.07, 6.45) is 0.922. The number of benzene rings is 1. The molecule has 0 amide bonds. The molecule has 1 rings (SSSR count). The highest BCUT2D eigenvalue weighted by Crippen LogP contribution is 2.28. The number of rotatable bonds is 1. The molecule has 0 aliphatic carbocycles. The minimum atomic E-state index is 0.226. The van der Waals surface area contributed by atoms with Gasteiger partial charge in [0.05, 0.1) is 0 Å². The first kappa shape index (κ1) is 9.90. The Hall–Kier alpha value is -1.18. The van der Waals surface area contributed by atoms with Gasteiger partial charge in [0.1, 0.15) is 0 Å². The fourth-order valence-electron chi connectivity index (χ4n) is 1.36. The van der Waals surface area contributed by atoms with Crippen LogP contribution in [-0.2, 0) is 6.42 Å². The predicted octanol–water partition coefficient (Wildman–Crippen LogP) is 2.44. The number of nitrogens with two attached hydrogens (primary N) is 2. The van der Waals surface area contributed by atoms with E-state index in [-0.39, 0.29) is 5.41 Å². The summed E-state index contributed by atoms with van der Waals surface area (Å²) < 4.78 is 0. The van der Waals surface area contributed by atoms with Crippen molar-refractivity contribution >= 4 is 11.4 Å². The fraction of sp³-hybridized carbons (Fsp3) is 0.455. The molecule has 4 N–H and O–H groups in total. The second-order valence-corrected chi connectivity index (χ2v) is 4.65. The Kier molecular flexibility index (Phi) is 2.50. The number of hydrogen-bond donors (Lipinski definition) is 2. The normalized spacial score (nSPS) is 11.6. The first-order valence-corrected chi connectivity index (χ1v) is 4.53. The van der Waals surface area contributed by atoms with Gasteiger partial charge < -0.3 is 11.5 Å². The molecule has 0 saturated carbocycles. The second kappa shape index (κ2) is 3.29. The van der Waals surface area contributed by atoms with Gasteiger partial charge in [0.15, 0.2) is 0 Å². The first-order valence-electron chi connectivity index (χ1n) is 4.53. The van der Waals surface area contributed by atoms with E-state index in [9.17, 15) is 0 Å². The number of nitrogen functional groups attached to an aromatic ring is 2. The molecule has 0 radical (unpaired) electrons. The molecule has 1 aromatic rings. The zero-order valence-electron chi connectivity index (χ0n) is 8.59. The third kappa shape index (κ3) is 2.65. The van der Waals surface area contributed by atoms with Gasteiger partial charge in [0.25, 0.3) is 0 Å². The quantitative estimate of drug-likeness (QED) is 0.649. The average molecular weight is 178 g/mol. The summed E-state index contributed by atoms with van der Waals surface area (Å²) in [6, 6.07) is 5.69. The Morgan fingerprint density at radius 1 is 1.08 bits per heavy atom. The van der Waals surface area contributed by atoms with Crippen molar-refractivity contribution in [3.63, 3.8) is 0 Å². The highest BCUT2D eigenvalue weighted by atomic mass is 14.6. The minimum absolute atomic E-state index is 0.226. The van der Waals surface area contributed by atoms with Crippen LogP contribution in [0.4, 0.5) is 11.4 Å². The van der Waals surface area contributed by atoms with Gasteiger partial charge in [-0.25, -0.2) is 0 Å². The van der Waals surface area contributed by atoms with Crippen LogP contribution in [0.15, 0.2) is 18.2 Å². The van der Waals surface area contributed by atoms with Crippen LogP contribution < -0.4 is 11.5 Å². The van der Waals surface area contributed by atoms with Crippen molar-refractivity contribution in [2.75, 3.05) is 11.5 Å². The van der Waals surface area contributed by atoms with E-state index in [0.717, 1.165) is 23.4 Å². The van der Waals surface area contributed by atoms with Crippen LogP contribution in [0.5, 0.6) is 0 Å². The van der Waals surface area contributed by atoms with Crippen molar-refractivity contribution in [2.45, 2.75) is 27.2 Å². The molecule has 0 bridgehead atoms. The van der Waals surface area contributed by atoms with Crippen LogP contribution in [0.2, 0.25) is 0 Å². The molecular formula is C11H18N2. The Labute approximate surface area is 79.9 Å². The van der Waals surface area contributed by atoms with Crippen molar-refractivity contribution in [1.82, 2.24) is 0 Å². The molecule has 0 fully saturated rings. The van der Waals surface area contributed by atoms with Crippen molar-refractivity contribution in [3.05, 3.63) is 23.8 Å². The van der Waals surface area contributed by atoms with E-state index in [1.54, 1.807) is 0 Å². The molecule has 0 spiro atoms. The molecule has 0 unspecified atom stereocenters. The summed E-state index contributed by atoms with van der Waals surface area (Å²) in [6.45, 7) is 6.54. The van der Waals surface area contributed by atoms with Crippen molar-refractivity contribution in [3.8, 4) is 0 Å². The van der Waals surface area contributed by atoms with Crippen LogP contribution >= 0.6 is 0 Å². The molecule has 1 aromatic carbocycles. The number of anilines is 2. The summed E-state index contributed by atoms with van der Waals surface area (Å²) in [4.78, 5) is 0. The zero-order valence-corrected chi connectivity index (χ0v) is 8.59. The van der Waals surface area contributed by atoms with Crippen molar-refractivity contribution < 1.29 is 0 Å². The second-order valence-electron chi connectivity index (χ2n) is 4.65. The maximum Gasteiger partial charge on any atom is 0.0367 e. The van der Waals surface area contributed by atoms with Gasteiger partial charge in [0, 0.05) is 11.4 Å². The van der Waals surface area contributed by atoms with Gasteiger partial charge >= 0.3 is 0 Å². The monoisotopic (exact) mass is 178 g/mol. The maximum absolute atomic E-state index is 5.85. The van der Waals surface area contributed by atoms with Gasteiger partial charge in [-0.2, -0.15) is 0 Å². The third-order valence-corrected chi connectivity index (χ3v) is 1.96. The molecule has 0 aliphatic rings. The highest BCUT2D eigenvalue weighted by molar-refractivity contribution is 5.61. The summed E-state index contributed by atoms with van der Waals surface area (Å²) in [5.74, 6) is 0. The van der Waals surface area contributed by atoms with Gasteiger partial charge in [-0.15, -0.1) is 0 Å². The summed E-state index contributed by atoms with van der Waals surface area (Å²) >= 11 is 0. The molecular weight excluding hydrogens is 160 g/mol. The summed E-state index contributed by atoms with van der Waals surface area (Å²) in [5.41, 5.74) is 14.6. The zero-order chi connectivity index (χ0) is 10.1. The van der Waals surface area contributed by atoms with E-state index in [4.69, 9.17) is 11.5 Å². The van der Waals surface area contributed by atoms with Gasteiger partial charge in [-0.1, -0.05) is 26.8 Å². The van der Waals surface area contributed by atoms with E-state index >= 15 is 0 Å². The third-order valence-electron chi connectivity index (χ3n) is 1.96. The van der Waals surface area contributed by atoms with E-state index in [0.29, 0.717) is 0 Å². The van der Waals surface area contributed by atoms with Crippen molar-refractivity contribution in [1.29, 1.82) is 0 Å². The SMILES string of the molecule is CC(C)(C)Cc1c(N)cccc1N. The molecule has 72 valence electrons. The Morgan fingerprint density at radius 2 is 1.54 bits per heavy atom. The van der Waals surface area contributed by atoms with E-state index in [1.807, 2.05) is 18.2 Å². The molecule has 0 atom stereocenters. The first-order chi connectivity index (χ1) is 5.90. The standard InChI is InChI=1S/C11H18N2/c1-11(2,3)7-8-9(12)5-4-6-10(8)13/h4-6H,7,12-13H2,1-3H3. The lowest BCUT2D eigenvalue weighted by atomic mass is 9.87.